The topological polar surface area (TPSA) is 83.6 Å². The predicted molar refractivity (Wildman–Crippen MR) is 63.1 cm³/mol. The molecule has 0 saturated carbocycles. The first-order chi connectivity index (χ1) is 7.82. The summed E-state index contributed by atoms with van der Waals surface area (Å²) in [6.07, 6.45) is 0.488. The van der Waals surface area contributed by atoms with Gasteiger partial charge in [-0.2, -0.15) is 0 Å². The summed E-state index contributed by atoms with van der Waals surface area (Å²) in [4.78, 5) is 23.7. The summed E-state index contributed by atoms with van der Waals surface area (Å²) in [6, 6.07) is -0.244. The maximum atomic E-state index is 11.4. The number of rotatable bonds is 4. The fourth-order valence-electron chi connectivity index (χ4n) is 1.97. The normalized spacial score (nSPS) is 22.1. The number of sulfone groups is 1. The Labute approximate surface area is 101 Å². The summed E-state index contributed by atoms with van der Waals surface area (Å²) in [5, 5.41) is 2.59. The fraction of sp³-hybridized carbons (Fsp3) is 0.800. The molecule has 0 aromatic heterocycles. The first kappa shape index (κ1) is 14.0. The van der Waals surface area contributed by atoms with E-state index in [1.165, 1.54) is 18.7 Å². The molecular formula is C10H18N2O4S. The minimum absolute atomic E-state index is 0.0344. The minimum Gasteiger partial charge on any atom is -0.355 e. The van der Waals surface area contributed by atoms with Gasteiger partial charge in [0, 0.05) is 33.0 Å². The van der Waals surface area contributed by atoms with E-state index in [1.54, 1.807) is 0 Å². The summed E-state index contributed by atoms with van der Waals surface area (Å²) in [7, 11) is -3.00. The van der Waals surface area contributed by atoms with Gasteiger partial charge in [0.1, 0.15) is 0 Å². The van der Waals surface area contributed by atoms with Gasteiger partial charge < -0.3 is 10.2 Å². The quantitative estimate of drug-likeness (QED) is 0.716. The van der Waals surface area contributed by atoms with Gasteiger partial charge in [-0.3, -0.25) is 9.59 Å². The van der Waals surface area contributed by atoms with Gasteiger partial charge in [0.25, 0.3) is 0 Å². The lowest BCUT2D eigenvalue weighted by Gasteiger charge is -2.26. The first-order valence-corrected chi connectivity index (χ1v) is 7.36. The third kappa shape index (κ3) is 4.33. The molecule has 6 nitrogen and oxygen atoms in total. The number of amides is 2. The Kier molecular flexibility index (Phi) is 4.50. The van der Waals surface area contributed by atoms with Crippen molar-refractivity contribution in [1.82, 2.24) is 10.2 Å². The lowest BCUT2D eigenvalue weighted by molar-refractivity contribution is -0.131. The van der Waals surface area contributed by atoms with Crippen LogP contribution in [0.5, 0.6) is 0 Å². The second kappa shape index (κ2) is 5.48. The van der Waals surface area contributed by atoms with E-state index in [0.29, 0.717) is 19.5 Å². The lowest BCUT2D eigenvalue weighted by atomic mass is 10.2. The van der Waals surface area contributed by atoms with Gasteiger partial charge in [-0.05, 0) is 6.42 Å². The third-order valence-corrected chi connectivity index (χ3v) is 4.53. The largest absolute Gasteiger partial charge is 0.355 e. The van der Waals surface area contributed by atoms with Crippen molar-refractivity contribution < 1.29 is 18.0 Å². The zero-order valence-electron chi connectivity index (χ0n) is 10.1. The first-order valence-electron chi connectivity index (χ1n) is 5.54. The van der Waals surface area contributed by atoms with E-state index >= 15 is 0 Å². The van der Waals surface area contributed by atoms with Crippen molar-refractivity contribution in [3.05, 3.63) is 0 Å². The molecule has 1 N–H and O–H groups in total. The smallest absolute Gasteiger partial charge is 0.219 e. The zero-order valence-corrected chi connectivity index (χ0v) is 10.9. The second-order valence-electron chi connectivity index (χ2n) is 4.25. The molecule has 17 heavy (non-hydrogen) atoms. The summed E-state index contributed by atoms with van der Waals surface area (Å²) < 4.78 is 22.7. The maximum absolute atomic E-state index is 11.4. The van der Waals surface area contributed by atoms with Crippen LogP contribution in [-0.4, -0.2) is 55.8 Å². The van der Waals surface area contributed by atoms with Crippen LogP contribution in [0.15, 0.2) is 0 Å². The van der Waals surface area contributed by atoms with Crippen molar-refractivity contribution in [3.8, 4) is 0 Å². The monoisotopic (exact) mass is 262 g/mol. The Morgan fingerprint density at radius 3 is 2.41 bits per heavy atom. The molecule has 1 rings (SSSR count). The maximum Gasteiger partial charge on any atom is 0.219 e. The van der Waals surface area contributed by atoms with Crippen molar-refractivity contribution in [3.63, 3.8) is 0 Å². The molecule has 0 spiro atoms. The summed E-state index contributed by atoms with van der Waals surface area (Å²) in [6.45, 7) is 3.53. The van der Waals surface area contributed by atoms with E-state index in [0.717, 1.165) is 0 Å². The van der Waals surface area contributed by atoms with Crippen molar-refractivity contribution in [2.75, 3.05) is 24.6 Å². The summed E-state index contributed by atoms with van der Waals surface area (Å²) in [5.74, 6) is -0.140. The molecule has 1 atom stereocenters. The molecule has 0 aromatic rings. The number of nitrogens with one attached hydrogen (secondary N) is 1. The molecule has 7 heteroatoms. The van der Waals surface area contributed by atoms with Gasteiger partial charge in [-0.25, -0.2) is 8.42 Å². The van der Waals surface area contributed by atoms with Gasteiger partial charge in [0.2, 0.25) is 11.8 Å². The van der Waals surface area contributed by atoms with Crippen LogP contribution in [0.1, 0.15) is 20.3 Å². The molecule has 1 aliphatic heterocycles. The molecule has 0 bridgehead atoms. The Morgan fingerprint density at radius 1 is 1.35 bits per heavy atom. The van der Waals surface area contributed by atoms with E-state index in [2.05, 4.69) is 5.32 Å². The zero-order chi connectivity index (χ0) is 13.1. The Morgan fingerprint density at radius 2 is 2.00 bits per heavy atom. The summed E-state index contributed by atoms with van der Waals surface area (Å²) in [5.41, 5.74) is 0. The predicted octanol–water partition coefficient (Wildman–Crippen LogP) is -0.842. The van der Waals surface area contributed by atoms with Gasteiger partial charge in [-0.15, -0.1) is 0 Å². The number of carbonyl (C=O) groups excluding carboxylic acids is 2. The average molecular weight is 262 g/mol. The highest BCUT2D eigenvalue weighted by Crippen LogP contribution is 2.17. The number of nitrogens with zero attached hydrogens (tertiary/aromatic N) is 1. The van der Waals surface area contributed by atoms with Crippen LogP contribution in [0.25, 0.3) is 0 Å². The van der Waals surface area contributed by atoms with Gasteiger partial charge >= 0.3 is 0 Å². The molecule has 0 aliphatic carbocycles. The van der Waals surface area contributed by atoms with Crippen molar-refractivity contribution in [2.24, 2.45) is 0 Å². The van der Waals surface area contributed by atoms with Crippen LogP contribution in [-0.2, 0) is 19.4 Å². The molecule has 1 fully saturated rings. The SMILES string of the molecule is CC(=O)NCCN(C(C)=O)C1CCS(=O)(=O)C1. The van der Waals surface area contributed by atoms with E-state index in [-0.39, 0.29) is 29.4 Å². The second-order valence-corrected chi connectivity index (χ2v) is 6.48. The van der Waals surface area contributed by atoms with Gasteiger partial charge in [0.15, 0.2) is 9.84 Å². The molecule has 1 aliphatic rings. The van der Waals surface area contributed by atoms with Crippen LogP contribution in [0.3, 0.4) is 0 Å². The highest BCUT2D eigenvalue weighted by Gasteiger charge is 2.33. The van der Waals surface area contributed by atoms with Crippen molar-refractivity contribution >= 4 is 21.7 Å². The molecule has 2 amide bonds. The lowest BCUT2D eigenvalue weighted by Crippen LogP contribution is -2.44. The molecule has 1 saturated heterocycles. The van der Waals surface area contributed by atoms with Crippen LogP contribution in [0, 0.1) is 0 Å². The van der Waals surface area contributed by atoms with Gasteiger partial charge in [0.05, 0.1) is 11.5 Å². The standard InChI is InChI=1S/C10H18N2O4S/c1-8(13)11-4-5-12(9(2)14)10-3-6-17(15,16)7-10/h10H,3-7H2,1-2H3,(H,11,13). The average Bonchev–Trinajstić information content (AvgIpc) is 2.52. The number of carbonyl (C=O) groups is 2. The van der Waals surface area contributed by atoms with Gasteiger partial charge in [-0.1, -0.05) is 0 Å². The van der Waals surface area contributed by atoms with Crippen molar-refractivity contribution in [1.29, 1.82) is 0 Å². The Bertz CT molecular complexity index is 405. The minimum atomic E-state index is -3.00. The number of hydrogen-bond donors (Lipinski definition) is 1. The molecule has 98 valence electrons. The summed E-state index contributed by atoms with van der Waals surface area (Å²) >= 11 is 0. The highest BCUT2D eigenvalue weighted by atomic mass is 32.2. The van der Waals surface area contributed by atoms with E-state index < -0.39 is 9.84 Å². The Balaban J connectivity index is 2.55. The van der Waals surface area contributed by atoms with Crippen molar-refractivity contribution in [2.45, 2.75) is 26.3 Å². The Hall–Kier alpha value is -1.11. The molecular weight excluding hydrogens is 244 g/mol. The van der Waals surface area contributed by atoms with Crippen LogP contribution in [0.2, 0.25) is 0 Å². The van der Waals surface area contributed by atoms with Crippen LogP contribution < -0.4 is 5.32 Å². The van der Waals surface area contributed by atoms with E-state index in [1.807, 2.05) is 0 Å². The number of hydrogen-bond acceptors (Lipinski definition) is 4. The third-order valence-electron chi connectivity index (χ3n) is 2.78. The van der Waals surface area contributed by atoms with Crippen LogP contribution in [0.4, 0.5) is 0 Å². The highest BCUT2D eigenvalue weighted by molar-refractivity contribution is 7.91. The van der Waals surface area contributed by atoms with Crippen LogP contribution >= 0.6 is 0 Å². The molecule has 1 unspecified atom stereocenters. The molecule has 0 radical (unpaired) electrons. The fourth-order valence-corrected chi connectivity index (χ4v) is 3.70. The van der Waals surface area contributed by atoms with E-state index in [4.69, 9.17) is 0 Å². The molecule has 0 aromatic carbocycles. The van der Waals surface area contributed by atoms with E-state index in [9.17, 15) is 18.0 Å². The molecule has 1 heterocycles.